The summed E-state index contributed by atoms with van der Waals surface area (Å²) in [5, 5.41) is 3.43. The average Bonchev–Trinajstić information content (AvgIpc) is 2.20. The zero-order valence-electron chi connectivity index (χ0n) is 11.1. The minimum absolute atomic E-state index is 0.521. The van der Waals surface area contributed by atoms with Crippen LogP contribution in [-0.2, 0) is 6.54 Å². The Kier molecular flexibility index (Phi) is 4.81. The van der Waals surface area contributed by atoms with Crippen molar-refractivity contribution in [1.29, 1.82) is 0 Å². The second kappa shape index (κ2) is 5.90. The highest BCUT2D eigenvalue weighted by Crippen LogP contribution is 2.24. The first-order valence-electron chi connectivity index (χ1n) is 6.01. The van der Waals surface area contributed by atoms with Gasteiger partial charge in [-0.2, -0.15) is 0 Å². The SMILES string of the molecule is CCOc1c(C)cc(CNC(C)C)cc1C. The van der Waals surface area contributed by atoms with Crippen LogP contribution >= 0.6 is 0 Å². The molecule has 0 spiro atoms. The van der Waals surface area contributed by atoms with Gasteiger partial charge < -0.3 is 10.1 Å². The van der Waals surface area contributed by atoms with Gasteiger partial charge in [-0.15, -0.1) is 0 Å². The van der Waals surface area contributed by atoms with E-state index < -0.39 is 0 Å². The molecule has 0 heterocycles. The van der Waals surface area contributed by atoms with Crippen molar-refractivity contribution in [2.45, 2.75) is 47.2 Å². The third kappa shape index (κ3) is 3.53. The van der Waals surface area contributed by atoms with Gasteiger partial charge in [-0.1, -0.05) is 26.0 Å². The number of rotatable bonds is 5. The molecule has 0 bridgehead atoms. The molecular weight excluding hydrogens is 198 g/mol. The number of aryl methyl sites for hydroxylation is 2. The molecule has 0 saturated carbocycles. The molecule has 90 valence electrons. The van der Waals surface area contributed by atoms with Crippen LogP contribution in [0.4, 0.5) is 0 Å². The van der Waals surface area contributed by atoms with Gasteiger partial charge in [0.15, 0.2) is 0 Å². The van der Waals surface area contributed by atoms with E-state index >= 15 is 0 Å². The first-order chi connectivity index (χ1) is 7.54. The van der Waals surface area contributed by atoms with E-state index in [1.165, 1.54) is 16.7 Å². The second-order valence-electron chi connectivity index (χ2n) is 4.53. The summed E-state index contributed by atoms with van der Waals surface area (Å²) in [5.74, 6) is 1.04. The van der Waals surface area contributed by atoms with E-state index in [0.717, 1.165) is 18.9 Å². The Bertz CT molecular complexity index is 322. The predicted octanol–water partition coefficient (Wildman–Crippen LogP) is 3.20. The Labute approximate surface area is 99.0 Å². The van der Waals surface area contributed by atoms with Crippen LogP contribution in [0.25, 0.3) is 0 Å². The Balaban J connectivity index is 2.82. The molecule has 0 aliphatic heterocycles. The van der Waals surface area contributed by atoms with Crippen LogP contribution in [0.3, 0.4) is 0 Å². The molecule has 1 aromatic rings. The van der Waals surface area contributed by atoms with Gasteiger partial charge in [-0.25, -0.2) is 0 Å². The Hall–Kier alpha value is -1.02. The van der Waals surface area contributed by atoms with Crippen molar-refractivity contribution in [3.8, 4) is 5.75 Å². The molecule has 0 fully saturated rings. The highest BCUT2D eigenvalue weighted by molar-refractivity contribution is 5.43. The van der Waals surface area contributed by atoms with Gasteiger partial charge in [0.05, 0.1) is 6.61 Å². The van der Waals surface area contributed by atoms with Crippen molar-refractivity contribution in [1.82, 2.24) is 5.32 Å². The lowest BCUT2D eigenvalue weighted by Gasteiger charge is -2.14. The third-order valence-electron chi connectivity index (χ3n) is 2.52. The maximum absolute atomic E-state index is 5.63. The Morgan fingerprint density at radius 3 is 2.19 bits per heavy atom. The first-order valence-corrected chi connectivity index (χ1v) is 6.01. The predicted molar refractivity (Wildman–Crippen MR) is 69.1 cm³/mol. The van der Waals surface area contributed by atoms with E-state index in [-0.39, 0.29) is 0 Å². The van der Waals surface area contributed by atoms with E-state index in [2.05, 4.69) is 45.1 Å². The molecular formula is C14H23NO. The molecule has 2 heteroatoms. The lowest BCUT2D eigenvalue weighted by molar-refractivity contribution is 0.335. The molecule has 1 rings (SSSR count). The molecule has 0 amide bonds. The molecule has 0 unspecified atom stereocenters. The molecule has 2 nitrogen and oxygen atoms in total. The normalized spacial score (nSPS) is 10.9. The first kappa shape index (κ1) is 13.0. The number of nitrogens with one attached hydrogen (secondary N) is 1. The summed E-state index contributed by atoms with van der Waals surface area (Å²) in [5.41, 5.74) is 3.77. The third-order valence-corrected chi connectivity index (χ3v) is 2.52. The van der Waals surface area contributed by atoms with Crippen LogP contribution in [0.2, 0.25) is 0 Å². The Morgan fingerprint density at radius 2 is 1.75 bits per heavy atom. The molecule has 0 aliphatic rings. The fraction of sp³-hybridized carbons (Fsp3) is 0.571. The van der Waals surface area contributed by atoms with Crippen molar-refractivity contribution in [3.63, 3.8) is 0 Å². The van der Waals surface area contributed by atoms with Gasteiger partial charge in [0.2, 0.25) is 0 Å². The van der Waals surface area contributed by atoms with Crippen molar-refractivity contribution in [2.24, 2.45) is 0 Å². The quantitative estimate of drug-likeness (QED) is 0.824. The van der Waals surface area contributed by atoms with Crippen LogP contribution in [0.15, 0.2) is 12.1 Å². The number of ether oxygens (including phenoxy) is 1. The number of hydrogen-bond donors (Lipinski definition) is 1. The second-order valence-corrected chi connectivity index (χ2v) is 4.53. The molecule has 16 heavy (non-hydrogen) atoms. The highest BCUT2D eigenvalue weighted by atomic mass is 16.5. The maximum atomic E-state index is 5.63. The highest BCUT2D eigenvalue weighted by Gasteiger charge is 2.06. The summed E-state index contributed by atoms with van der Waals surface area (Å²) in [6.45, 7) is 12.2. The van der Waals surface area contributed by atoms with Crippen LogP contribution in [-0.4, -0.2) is 12.6 Å². The number of hydrogen-bond acceptors (Lipinski definition) is 2. The molecule has 0 saturated heterocycles. The van der Waals surface area contributed by atoms with E-state index in [4.69, 9.17) is 4.74 Å². The van der Waals surface area contributed by atoms with E-state index in [0.29, 0.717) is 6.04 Å². The zero-order valence-corrected chi connectivity index (χ0v) is 11.1. The van der Waals surface area contributed by atoms with Crippen LogP contribution in [0, 0.1) is 13.8 Å². The lowest BCUT2D eigenvalue weighted by Crippen LogP contribution is -2.21. The summed E-state index contributed by atoms with van der Waals surface area (Å²) in [7, 11) is 0. The molecule has 0 aromatic heterocycles. The average molecular weight is 221 g/mol. The smallest absolute Gasteiger partial charge is 0.125 e. The fourth-order valence-electron chi connectivity index (χ4n) is 1.84. The summed E-state index contributed by atoms with van der Waals surface area (Å²) in [6.07, 6.45) is 0. The van der Waals surface area contributed by atoms with Gasteiger partial charge >= 0.3 is 0 Å². The summed E-state index contributed by atoms with van der Waals surface area (Å²) in [6, 6.07) is 4.92. The Morgan fingerprint density at radius 1 is 1.19 bits per heavy atom. The molecule has 0 atom stereocenters. The zero-order chi connectivity index (χ0) is 12.1. The van der Waals surface area contributed by atoms with Gasteiger partial charge in [0.1, 0.15) is 5.75 Å². The minimum atomic E-state index is 0.521. The summed E-state index contributed by atoms with van der Waals surface area (Å²) in [4.78, 5) is 0. The van der Waals surface area contributed by atoms with Gasteiger partial charge in [-0.3, -0.25) is 0 Å². The van der Waals surface area contributed by atoms with Crippen molar-refractivity contribution in [3.05, 3.63) is 28.8 Å². The monoisotopic (exact) mass is 221 g/mol. The molecule has 1 aromatic carbocycles. The van der Waals surface area contributed by atoms with E-state index in [1.54, 1.807) is 0 Å². The number of benzene rings is 1. The van der Waals surface area contributed by atoms with Gasteiger partial charge in [0.25, 0.3) is 0 Å². The molecule has 0 aliphatic carbocycles. The topological polar surface area (TPSA) is 21.3 Å². The molecule has 1 N–H and O–H groups in total. The maximum Gasteiger partial charge on any atom is 0.125 e. The largest absolute Gasteiger partial charge is 0.493 e. The fourth-order valence-corrected chi connectivity index (χ4v) is 1.84. The van der Waals surface area contributed by atoms with Crippen molar-refractivity contribution in [2.75, 3.05) is 6.61 Å². The van der Waals surface area contributed by atoms with Crippen LogP contribution in [0.1, 0.15) is 37.5 Å². The van der Waals surface area contributed by atoms with Crippen molar-refractivity contribution < 1.29 is 4.74 Å². The van der Waals surface area contributed by atoms with Crippen molar-refractivity contribution >= 4 is 0 Å². The van der Waals surface area contributed by atoms with Gasteiger partial charge in [-0.05, 0) is 37.5 Å². The van der Waals surface area contributed by atoms with Gasteiger partial charge in [0, 0.05) is 12.6 Å². The van der Waals surface area contributed by atoms with E-state index in [1.807, 2.05) is 6.92 Å². The minimum Gasteiger partial charge on any atom is -0.493 e. The van der Waals surface area contributed by atoms with Crippen LogP contribution in [0.5, 0.6) is 5.75 Å². The van der Waals surface area contributed by atoms with E-state index in [9.17, 15) is 0 Å². The summed E-state index contributed by atoms with van der Waals surface area (Å²) < 4.78 is 5.63. The van der Waals surface area contributed by atoms with Crippen LogP contribution < -0.4 is 10.1 Å². The standard InChI is InChI=1S/C14H23NO/c1-6-16-14-11(4)7-13(8-12(14)5)9-15-10(2)3/h7-8,10,15H,6,9H2,1-5H3. The summed E-state index contributed by atoms with van der Waals surface area (Å²) >= 11 is 0. The lowest BCUT2D eigenvalue weighted by atomic mass is 10.1. The molecule has 0 radical (unpaired) electrons.